The van der Waals surface area contributed by atoms with E-state index >= 15 is 0 Å². The van der Waals surface area contributed by atoms with E-state index in [4.69, 9.17) is 4.42 Å². The van der Waals surface area contributed by atoms with Crippen molar-refractivity contribution >= 4 is 21.8 Å². The fourth-order valence-electron chi connectivity index (χ4n) is 3.28. The van der Waals surface area contributed by atoms with Crippen molar-refractivity contribution < 1.29 is 17.6 Å². The zero-order valence-electron chi connectivity index (χ0n) is 15.1. The Hall–Kier alpha value is -3.00. The number of sulfone groups is 1. The Morgan fingerprint density at radius 2 is 1.75 bits per heavy atom. The van der Waals surface area contributed by atoms with Gasteiger partial charge in [0.25, 0.3) is 5.91 Å². The standard InChI is InChI=1S/C20H19N3O4S/c24-19(16-11-10-14-6-4-5-7-15(14)12-16)21-20-23-22-18(27-20)13-28(25,26)17-8-2-1-3-9-17/h1-3,8-12H,4-7,13H2,(H,21,23,24). The van der Waals surface area contributed by atoms with Crippen LogP contribution < -0.4 is 5.32 Å². The van der Waals surface area contributed by atoms with Crippen LogP contribution >= 0.6 is 0 Å². The van der Waals surface area contributed by atoms with E-state index in [1.807, 2.05) is 12.1 Å². The number of hydrogen-bond donors (Lipinski definition) is 1. The zero-order valence-corrected chi connectivity index (χ0v) is 15.9. The molecule has 1 amide bonds. The minimum atomic E-state index is -3.60. The summed E-state index contributed by atoms with van der Waals surface area (Å²) in [7, 11) is -3.60. The van der Waals surface area contributed by atoms with Crippen LogP contribution in [0.3, 0.4) is 0 Å². The third-order valence-electron chi connectivity index (χ3n) is 4.71. The van der Waals surface area contributed by atoms with Gasteiger partial charge in [-0.3, -0.25) is 10.1 Å². The van der Waals surface area contributed by atoms with E-state index in [1.165, 1.54) is 29.7 Å². The van der Waals surface area contributed by atoms with Gasteiger partial charge >= 0.3 is 6.01 Å². The molecule has 7 nitrogen and oxygen atoms in total. The molecule has 1 N–H and O–H groups in total. The van der Waals surface area contributed by atoms with Gasteiger partial charge in [0.2, 0.25) is 5.89 Å². The minimum absolute atomic E-state index is 0.0791. The maximum atomic E-state index is 12.5. The summed E-state index contributed by atoms with van der Waals surface area (Å²) in [5.74, 6) is -0.877. The van der Waals surface area contributed by atoms with Crippen LogP contribution in [0.5, 0.6) is 0 Å². The molecule has 0 unspecified atom stereocenters. The number of anilines is 1. The molecule has 144 valence electrons. The van der Waals surface area contributed by atoms with Crippen molar-refractivity contribution in [3.8, 4) is 0 Å². The van der Waals surface area contributed by atoms with E-state index in [0.29, 0.717) is 5.56 Å². The van der Waals surface area contributed by atoms with E-state index in [1.54, 1.807) is 24.3 Å². The molecule has 8 heteroatoms. The van der Waals surface area contributed by atoms with Crippen molar-refractivity contribution in [1.29, 1.82) is 0 Å². The monoisotopic (exact) mass is 397 g/mol. The lowest BCUT2D eigenvalue weighted by molar-refractivity contribution is 0.102. The van der Waals surface area contributed by atoms with Crippen LogP contribution in [0.4, 0.5) is 6.01 Å². The number of aryl methyl sites for hydroxylation is 2. The van der Waals surface area contributed by atoms with Crippen molar-refractivity contribution in [2.75, 3.05) is 5.32 Å². The topological polar surface area (TPSA) is 102 Å². The van der Waals surface area contributed by atoms with Gasteiger partial charge in [0.1, 0.15) is 5.75 Å². The summed E-state index contributed by atoms with van der Waals surface area (Å²) >= 11 is 0. The highest BCUT2D eigenvalue weighted by molar-refractivity contribution is 7.90. The molecule has 3 aromatic rings. The van der Waals surface area contributed by atoms with Crippen LogP contribution in [0.25, 0.3) is 0 Å². The predicted molar refractivity (Wildman–Crippen MR) is 103 cm³/mol. The van der Waals surface area contributed by atoms with E-state index in [0.717, 1.165) is 19.3 Å². The molecule has 0 saturated carbocycles. The van der Waals surface area contributed by atoms with Crippen molar-refractivity contribution in [3.05, 3.63) is 71.1 Å². The summed E-state index contributed by atoms with van der Waals surface area (Å²) in [6.45, 7) is 0. The second-order valence-electron chi connectivity index (χ2n) is 6.72. The van der Waals surface area contributed by atoms with Gasteiger partial charge in [0, 0.05) is 5.56 Å². The van der Waals surface area contributed by atoms with E-state index in [-0.39, 0.29) is 22.7 Å². The van der Waals surface area contributed by atoms with Crippen molar-refractivity contribution in [2.24, 2.45) is 0 Å². The maximum Gasteiger partial charge on any atom is 0.322 e. The number of amides is 1. The van der Waals surface area contributed by atoms with Crippen LogP contribution in [0.15, 0.2) is 57.8 Å². The molecule has 2 aromatic carbocycles. The van der Waals surface area contributed by atoms with Gasteiger partial charge in [-0.15, -0.1) is 5.10 Å². The Morgan fingerprint density at radius 1 is 1.00 bits per heavy atom. The molecular formula is C20H19N3O4S. The van der Waals surface area contributed by atoms with Crippen LogP contribution in [-0.2, 0) is 28.4 Å². The number of nitrogens with zero attached hydrogens (tertiary/aromatic N) is 2. The SMILES string of the molecule is O=C(Nc1nnc(CS(=O)(=O)c2ccccc2)o1)c1ccc2c(c1)CCCC2. The van der Waals surface area contributed by atoms with Crippen molar-refractivity contribution in [3.63, 3.8) is 0 Å². The van der Waals surface area contributed by atoms with Gasteiger partial charge in [-0.25, -0.2) is 8.42 Å². The summed E-state index contributed by atoms with van der Waals surface area (Å²) in [5, 5.41) is 10.0. The van der Waals surface area contributed by atoms with Gasteiger partial charge in [-0.05, 0) is 61.1 Å². The molecule has 0 aliphatic heterocycles. The fraction of sp³-hybridized carbons (Fsp3) is 0.250. The number of benzene rings is 2. The maximum absolute atomic E-state index is 12.5. The largest absolute Gasteiger partial charge is 0.407 e. The number of carbonyl (C=O) groups is 1. The average molecular weight is 397 g/mol. The number of nitrogens with one attached hydrogen (secondary N) is 1. The van der Waals surface area contributed by atoms with Crippen LogP contribution in [0, 0.1) is 0 Å². The molecule has 1 aliphatic carbocycles. The third-order valence-corrected chi connectivity index (χ3v) is 6.33. The van der Waals surface area contributed by atoms with Gasteiger partial charge < -0.3 is 4.42 Å². The summed E-state index contributed by atoms with van der Waals surface area (Å²) in [4.78, 5) is 12.6. The Balaban J connectivity index is 1.45. The Bertz CT molecular complexity index is 1110. The first-order chi connectivity index (χ1) is 13.5. The lowest BCUT2D eigenvalue weighted by Crippen LogP contribution is -2.14. The van der Waals surface area contributed by atoms with Crippen molar-refractivity contribution in [2.45, 2.75) is 36.3 Å². The first-order valence-corrected chi connectivity index (χ1v) is 10.7. The quantitative estimate of drug-likeness (QED) is 0.709. The lowest BCUT2D eigenvalue weighted by atomic mass is 9.90. The van der Waals surface area contributed by atoms with Crippen LogP contribution in [-0.4, -0.2) is 24.5 Å². The van der Waals surface area contributed by atoms with Crippen LogP contribution in [0.2, 0.25) is 0 Å². The number of hydrogen-bond acceptors (Lipinski definition) is 6. The summed E-state index contributed by atoms with van der Waals surface area (Å²) in [5.41, 5.74) is 2.99. The Kier molecular flexibility index (Phi) is 4.95. The Morgan fingerprint density at radius 3 is 2.54 bits per heavy atom. The second kappa shape index (κ2) is 7.55. The van der Waals surface area contributed by atoms with Crippen molar-refractivity contribution in [1.82, 2.24) is 10.2 Å². The molecule has 1 aromatic heterocycles. The third kappa shape index (κ3) is 3.96. The van der Waals surface area contributed by atoms with E-state index in [2.05, 4.69) is 15.5 Å². The normalized spacial score (nSPS) is 13.7. The summed E-state index contributed by atoms with van der Waals surface area (Å²) < 4.78 is 30.1. The second-order valence-corrected chi connectivity index (χ2v) is 8.71. The first-order valence-electron chi connectivity index (χ1n) is 9.05. The molecule has 0 bridgehead atoms. The van der Waals surface area contributed by atoms with Crippen LogP contribution in [0.1, 0.15) is 40.2 Å². The number of carbonyl (C=O) groups excluding carboxylic acids is 1. The van der Waals surface area contributed by atoms with Gasteiger partial charge in [0.05, 0.1) is 4.90 Å². The molecule has 4 rings (SSSR count). The van der Waals surface area contributed by atoms with Gasteiger partial charge in [-0.2, -0.15) is 0 Å². The molecule has 1 aliphatic rings. The Labute approximate surface area is 162 Å². The first kappa shape index (κ1) is 18.4. The fourth-order valence-corrected chi connectivity index (χ4v) is 4.46. The summed E-state index contributed by atoms with van der Waals surface area (Å²) in [6, 6.07) is 13.6. The minimum Gasteiger partial charge on any atom is -0.407 e. The molecular weight excluding hydrogens is 378 g/mol. The molecule has 0 atom stereocenters. The van der Waals surface area contributed by atoms with Gasteiger partial charge in [-0.1, -0.05) is 29.4 Å². The van der Waals surface area contributed by atoms with E-state index < -0.39 is 15.6 Å². The summed E-state index contributed by atoms with van der Waals surface area (Å²) in [6.07, 6.45) is 4.31. The molecule has 0 radical (unpaired) electrons. The number of fused-ring (bicyclic) bond motifs is 1. The predicted octanol–water partition coefficient (Wildman–Crippen LogP) is 3.17. The number of rotatable bonds is 5. The highest BCUT2D eigenvalue weighted by Gasteiger charge is 2.20. The molecule has 0 saturated heterocycles. The molecule has 0 fully saturated rings. The molecule has 1 heterocycles. The number of aromatic nitrogens is 2. The smallest absolute Gasteiger partial charge is 0.322 e. The highest BCUT2D eigenvalue weighted by atomic mass is 32.2. The van der Waals surface area contributed by atoms with E-state index in [9.17, 15) is 13.2 Å². The van der Waals surface area contributed by atoms with Gasteiger partial charge in [0.15, 0.2) is 9.84 Å². The highest BCUT2D eigenvalue weighted by Crippen LogP contribution is 2.23. The lowest BCUT2D eigenvalue weighted by Gasteiger charge is -2.16. The zero-order chi connectivity index (χ0) is 19.6. The molecule has 28 heavy (non-hydrogen) atoms. The average Bonchev–Trinajstić information content (AvgIpc) is 3.14. The molecule has 0 spiro atoms.